The predicted octanol–water partition coefficient (Wildman–Crippen LogP) is 2.63. The van der Waals surface area contributed by atoms with Crippen LogP contribution < -0.4 is 10.9 Å². The standard InChI is InChI=1S/C14H22O3/c1-4-6-7-9-14(3,8-5-2)10-11(15)13(17)12(10)16/h15H,4-9H2,1-3H3. The SMILES string of the molecule is CCCCCC(C)(CCC)c1c(O)c(=O)c1=O. The summed E-state index contributed by atoms with van der Waals surface area (Å²) in [6, 6.07) is 0. The van der Waals surface area contributed by atoms with Crippen LogP contribution in [0.1, 0.15) is 64.9 Å². The summed E-state index contributed by atoms with van der Waals surface area (Å²) in [6.45, 7) is 6.18. The monoisotopic (exact) mass is 238 g/mol. The van der Waals surface area contributed by atoms with Gasteiger partial charge in [0.1, 0.15) is 0 Å². The molecule has 1 atom stereocenters. The van der Waals surface area contributed by atoms with E-state index in [0.29, 0.717) is 5.56 Å². The summed E-state index contributed by atoms with van der Waals surface area (Å²) in [5, 5.41) is 9.57. The van der Waals surface area contributed by atoms with Gasteiger partial charge in [-0.2, -0.15) is 0 Å². The third-order valence-corrected chi connectivity index (χ3v) is 3.62. The van der Waals surface area contributed by atoms with Crippen LogP contribution in [0, 0.1) is 0 Å². The molecule has 0 saturated carbocycles. The van der Waals surface area contributed by atoms with Crippen LogP contribution in [0.5, 0.6) is 5.75 Å². The first kappa shape index (κ1) is 13.9. The molecule has 0 aliphatic carbocycles. The molecule has 0 aromatic heterocycles. The average Bonchev–Trinajstić information content (AvgIpc) is 2.29. The smallest absolute Gasteiger partial charge is 0.268 e. The maximum Gasteiger partial charge on any atom is 0.268 e. The first-order valence-corrected chi connectivity index (χ1v) is 6.50. The summed E-state index contributed by atoms with van der Waals surface area (Å²) in [4.78, 5) is 22.7. The highest BCUT2D eigenvalue weighted by molar-refractivity contribution is 5.43. The normalized spacial score (nSPS) is 15.0. The summed E-state index contributed by atoms with van der Waals surface area (Å²) in [6.07, 6.45) is 5.93. The van der Waals surface area contributed by atoms with Gasteiger partial charge in [0.25, 0.3) is 5.43 Å². The van der Waals surface area contributed by atoms with Crippen LogP contribution in [0.4, 0.5) is 0 Å². The summed E-state index contributed by atoms with van der Waals surface area (Å²) < 4.78 is 0. The van der Waals surface area contributed by atoms with E-state index < -0.39 is 10.9 Å². The molecule has 0 spiro atoms. The molecule has 3 nitrogen and oxygen atoms in total. The van der Waals surface area contributed by atoms with Crippen LogP contribution in [0.25, 0.3) is 0 Å². The molecule has 0 bridgehead atoms. The van der Waals surface area contributed by atoms with Crippen LogP contribution in [0.2, 0.25) is 0 Å². The number of rotatable bonds is 7. The molecule has 0 amide bonds. The quantitative estimate of drug-likeness (QED) is 0.587. The van der Waals surface area contributed by atoms with Crippen molar-refractivity contribution in [3.05, 3.63) is 26.0 Å². The van der Waals surface area contributed by atoms with Crippen molar-refractivity contribution in [2.24, 2.45) is 0 Å². The molecule has 96 valence electrons. The maximum atomic E-state index is 11.6. The highest BCUT2D eigenvalue weighted by Crippen LogP contribution is 2.36. The number of hydrogen-bond acceptors (Lipinski definition) is 3. The summed E-state index contributed by atoms with van der Waals surface area (Å²) in [5.74, 6) is -0.289. The largest absolute Gasteiger partial charge is 0.504 e. The minimum absolute atomic E-state index is 0.289. The van der Waals surface area contributed by atoms with Gasteiger partial charge in [0.05, 0.1) is 5.56 Å². The van der Waals surface area contributed by atoms with Gasteiger partial charge >= 0.3 is 0 Å². The first-order chi connectivity index (χ1) is 7.98. The molecule has 0 heterocycles. The van der Waals surface area contributed by atoms with E-state index in [2.05, 4.69) is 13.8 Å². The van der Waals surface area contributed by atoms with Gasteiger partial charge in [-0.25, -0.2) is 0 Å². The van der Waals surface area contributed by atoms with Gasteiger partial charge in [-0.3, -0.25) is 9.59 Å². The molecule has 1 rings (SSSR count). The zero-order chi connectivity index (χ0) is 13.1. The van der Waals surface area contributed by atoms with E-state index in [1.165, 1.54) is 0 Å². The van der Waals surface area contributed by atoms with E-state index in [-0.39, 0.29) is 11.2 Å². The van der Waals surface area contributed by atoms with Crippen molar-refractivity contribution in [3.63, 3.8) is 0 Å². The van der Waals surface area contributed by atoms with E-state index in [4.69, 9.17) is 0 Å². The second kappa shape index (κ2) is 5.48. The van der Waals surface area contributed by atoms with Crippen LogP contribution in [0.15, 0.2) is 9.59 Å². The van der Waals surface area contributed by atoms with Crippen molar-refractivity contribution in [1.29, 1.82) is 0 Å². The van der Waals surface area contributed by atoms with E-state index in [1.54, 1.807) is 0 Å². The molecule has 0 fully saturated rings. The fourth-order valence-corrected chi connectivity index (χ4v) is 2.63. The number of hydrogen-bond donors (Lipinski definition) is 1. The van der Waals surface area contributed by atoms with Crippen molar-refractivity contribution < 1.29 is 5.11 Å². The summed E-state index contributed by atoms with van der Waals surface area (Å²) in [7, 11) is 0. The summed E-state index contributed by atoms with van der Waals surface area (Å²) >= 11 is 0. The van der Waals surface area contributed by atoms with Crippen molar-refractivity contribution in [3.8, 4) is 5.75 Å². The molecule has 1 aromatic rings. The fraction of sp³-hybridized carbons (Fsp3) is 0.714. The first-order valence-electron chi connectivity index (χ1n) is 6.50. The van der Waals surface area contributed by atoms with Gasteiger partial charge in [0, 0.05) is 5.41 Å². The van der Waals surface area contributed by atoms with Gasteiger partial charge in [-0.15, -0.1) is 0 Å². The lowest BCUT2D eigenvalue weighted by Gasteiger charge is -2.30. The summed E-state index contributed by atoms with van der Waals surface area (Å²) in [5.41, 5.74) is -1.13. The molecule has 1 N–H and O–H groups in total. The molecule has 0 radical (unpaired) electrons. The van der Waals surface area contributed by atoms with Gasteiger partial charge < -0.3 is 5.11 Å². The molecule has 0 aliphatic heterocycles. The Morgan fingerprint density at radius 2 is 1.65 bits per heavy atom. The molecule has 17 heavy (non-hydrogen) atoms. The Morgan fingerprint density at radius 3 is 2.12 bits per heavy atom. The second-order valence-electron chi connectivity index (χ2n) is 5.15. The van der Waals surface area contributed by atoms with Crippen molar-refractivity contribution in [1.82, 2.24) is 0 Å². The lowest BCUT2D eigenvalue weighted by molar-refractivity contribution is 0.347. The van der Waals surface area contributed by atoms with E-state index in [0.717, 1.165) is 38.5 Å². The zero-order valence-corrected chi connectivity index (χ0v) is 11.0. The van der Waals surface area contributed by atoms with Crippen molar-refractivity contribution in [2.45, 2.75) is 64.7 Å². The Hall–Kier alpha value is -1.12. The van der Waals surface area contributed by atoms with Crippen LogP contribution >= 0.6 is 0 Å². The minimum atomic E-state index is -0.710. The highest BCUT2D eigenvalue weighted by Gasteiger charge is 2.36. The zero-order valence-electron chi connectivity index (χ0n) is 11.0. The fourth-order valence-electron chi connectivity index (χ4n) is 2.63. The highest BCUT2D eigenvalue weighted by atomic mass is 16.3. The topological polar surface area (TPSA) is 54.4 Å². The van der Waals surface area contributed by atoms with E-state index >= 15 is 0 Å². The van der Waals surface area contributed by atoms with Gasteiger partial charge in [0.15, 0.2) is 5.75 Å². The minimum Gasteiger partial charge on any atom is -0.504 e. The molecular formula is C14H22O3. The second-order valence-corrected chi connectivity index (χ2v) is 5.15. The molecule has 1 aromatic carbocycles. The average molecular weight is 238 g/mol. The number of unbranched alkanes of at least 4 members (excludes halogenated alkanes) is 2. The van der Waals surface area contributed by atoms with Crippen molar-refractivity contribution >= 4 is 0 Å². The third kappa shape index (κ3) is 2.59. The van der Waals surface area contributed by atoms with Crippen LogP contribution in [-0.4, -0.2) is 5.11 Å². The van der Waals surface area contributed by atoms with E-state index in [9.17, 15) is 14.7 Å². The molecular weight excluding hydrogens is 216 g/mol. The Balaban J connectivity index is 2.92. The lowest BCUT2D eigenvalue weighted by Crippen LogP contribution is -2.42. The molecule has 0 saturated heterocycles. The lowest BCUT2D eigenvalue weighted by atomic mass is 9.72. The van der Waals surface area contributed by atoms with Crippen molar-refractivity contribution in [2.75, 3.05) is 0 Å². The molecule has 1 unspecified atom stereocenters. The third-order valence-electron chi connectivity index (χ3n) is 3.62. The predicted molar refractivity (Wildman–Crippen MR) is 69.4 cm³/mol. The van der Waals surface area contributed by atoms with Crippen LogP contribution in [-0.2, 0) is 5.41 Å². The Bertz CT molecular complexity index is 440. The maximum absolute atomic E-state index is 11.6. The molecule has 0 aliphatic rings. The van der Waals surface area contributed by atoms with Gasteiger partial charge in [-0.1, -0.05) is 46.5 Å². The van der Waals surface area contributed by atoms with Gasteiger partial charge in [-0.05, 0) is 12.8 Å². The van der Waals surface area contributed by atoms with Gasteiger partial charge in [0.2, 0.25) is 5.43 Å². The number of aromatic hydroxyl groups is 1. The Kier molecular flexibility index (Phi) is 4.49. The van der Waals surface area contributed by atoms with E-state index in [1.807, 2.05) is 6.92 Å². The molecule has 3 heteroatoms. The Morgan fingerprint density at radius 1 is 1.00 bits per heavy atom. The van der Waals surface area contributed by atoms with Crippen LogP contribution in [0.3, 0.4) is 0 Å². The Labute approximate surface area is 102 Å².